The van der Waals surface area contributed by atoms with Crippen LogP contribution in [0.5, 0.6) is 0 Å². The SMILES string of the molecule is C[PH](C)(C)[Cu]([Cl])([Cl])[PH](C)(C)C. The van der Waals surface area contributed by atoms with Gasteiger partial charge >= 0.3 is 82.2 Å². The molecule has 0 aromatic heterocycles. The molecule has 0 unspecified atom stereocenters. The van der Waals surface area contributed by atoms with E-state index in [0.717, 1.165) is 0 Å². The van der Waals surface area contributed by atoms with Crippen molar-refractivity contribution >= 4 is 32.1 Å². The predicted octanol–water partition coefficient (Wildman–Crippen LogP) is 3.56. The third kappa shape index (κ3) is 2.98. The van der Waals surface area contributed by atoms with Gasteiger partial charge < -0.3 is 0 Å². The Morgan fingerprint density at radius 3 is 0.909 bits per heavy atom. The van der Waals surface area contributed by atoms with E-state index in [0.29, 0.717) is 0 Å². The Morgan fingerprint density at radius 1 is 0.727 bits per heavy atom. The van der Waals surface area contributed by atoms with E-state index in [4.69, 9.17) is 20.2 Å². The fourth-order valence-electron chi connectivity index (χ4n) is 0.678. The molecule has 0 fully saturated rings. The molecule has 0 spiro atoms. The van der Waals surface area contributed by atoms with Crippen LogP contribution in [-0.2, 0) is 10.1 Å². The van der Waals surface area contributed by atoms with E-state index < -0.39 is 22.0 Å². The molecule has 0 bridgehead atoms. The Balaban J connectivity index is 4.75. The van der Waals surface area contributed by atoms with E-state index >= 15 is 0 Å². The van der Waals surface area contributed by atoms with Gasteiger partial charge in [0.25, 0.3) is 0 Å². The third-order valence-corrected chi connectivity index (χ3v) is 42.2. The molecule has 0 amide bonds. The molecule has 5 heteroatoms. The van der Waals surface area contributed by atoms with Gasteiger partial charge in [-0.3, -0.25) is 0 Å². The summed E-state index contributed by atoms with van der Waals surface area (Å²) in [5, 5.41) is 0. The van der Waals surface area contributed by atoms with Crippen LogP contribution < -0.4 is 0 Å². The second-order valence-corrected chi connectivity index (χ2v) is 33.0. The quantitative estimate of drug-likeness (QED) is 0.538. The monoisotopic (exact) mass is 287 g/mol. The molecule has 0 aromatic carbocycles. The normalized spacial score (nSPS) is 19.6. The zero-order valence-corrected chi connectivity index (χ0v) is 12.5. The molecule has 0 aromatic rings. The van der Waals surface area contributed by atoms with E-state index in [1.165, 1.54) is 0 Å². The summed E-state index contributed by atoms with van der Waals surface area (Å²) in [7, 11) is 11.7. The standard InChI is InChI=1S/2C3H9P.2ClH.Cu/c2*1-4(2)3;;;/h2*1-3H3;2*1H;. The van der Waals surface area contributed by atoms with Gasteiger partial charge in [0.05, 0.1) is 0 Å². The summed E-state index contributed by atoms with van der Waals surface area (Å²) in [5.41, 5.74) is 0. The molecule has 0 saturated heterocycles. The van der Waals surface area contributed by atoms with E-state index in [2.05, 4.69) is 40.0 Å². The molecule has 0 aliphatic rings. The topological polar surface area (TPSA) is 0 Å². The van der Waals surface area contributed by atoms with Crippen LogP contribution in [0.1, 0.15) is 0 Å². The molecule has 0 saturated carbocycles. The van der Waals surface area contributed by atoms with Crippen LogP contribution in [-0.4, -0.2) is 40.0 Å². The van der Waals surface area contributed by atoms with Crippen LogP contribution in [0.2, 0.25) is 0 Å². The van der Waals surface area contributed by atoms with Gasteiger partial charge in [0.2, 0.25) is 0 Å². The first kappa shape index (κ1) is 13.0. The maximum absolute atomic E-state index is 6.46. The van der Waals surface area contributed by atoms with Gasteiger partial charge in [0, 0.05) is 0 Å². The number of hydrogen-bond acceptors (Lipinski definition) is 0. The summed E-state index contributed by atoms with van der Waals surface area (Å²) < 4.78 is 0. The Labute approximate surface area is 82.0 Å². The molecule has 0 heterocycles. The van der Waals surface area contributed by atoms with Crippen LogP contribution >= 0.6 is 32.1 Å². The fraction of sp³-hybridized carbons (Fsp3) is 1.00. The average molecular weight is 289 g/mol. The van der Waals surface area contributed by atoms with Gasteiger partial charge in [-0.1, -0.05) is 0 Å². The molecule has 0 aliphatic carbocycles. The van der Waals surface area contributed by atoms with Gasteiger partial charge in [-0.25, -0.2) is 0 Å². The van der Waals surface area contributed by atoms with Crippen LogP contribution in [0, 0.1) is 0 Å². The van der Waals surface area contributed by atoms with E-state index in [9.17, 15) is 0 Å². The summed E-state index contributed by atoms with van der Waals surface area (Å²) in [4.78, 5) is 0. The van der Waals surface area contributed by atoms with Gasteiger partial charge in [0.1, 0.15) is 0 Å². The van der Waals surface area contributed by atoms with E-state index in [1.807, 2.05) is 0 Å². The summed E-state index contributed by atoms with van der Waals surface area (Å²) in [6.45, 7) is 13.6. The number of hydrogen-bond donors (Lipinski definition) is 0. The van der Waals surface area contributed by atoms with Crippen LogP contribution in [0.3, 0.4) is 0 Å². The van der Waals surface area contributed by atoms with E-state index in [1.54, 1.807) is 0 Å². The van der Waals surface area contributed by atoms with Crippen molar-refractivity contribution in [2.75, 3.05) is 40.0 Å². The molecule has 0 rings (SSSR count). The van der Waals surface area contributed by atoms with Crippen molar-refractivity contribution in [2.45, 2.75) is 0 Å². The van der Waals surface area contributed by atoms with Gasteiger partial charge in [0.15, 0.2) is 0 Å². The summed E-state index contributed by atoms with van der Waals surface area (Å²) in [6, 6.07) is 0. The van der Waals surface area contributed by atoms with Crippen molar-refractivity contribution in [3.63, 3.8) is 0 Å². The predicted molar refractivity (Wildman–Crippen MR) is 63.9 cm³/mol. The molecule has 11 heavy (non-hydrogen) atoms. The Hall–Kier alpha value is 1.96. The minimum atomic E-state index is -1.35. The minimum absolute atomic E-state index is 1.24. The fourth-order valence-corrected chi connectivity index (χ4v) is 25.2. The molecule has 0 aliphatic heterocycles. The van der Waals surface area contributed by atoms with Crippen molar-refractivity contribution in [3.05, 3.63) is 0 Å². The first-order valence-corrected chi connectivity index (χ1v) is 15.5. The summed E-state index contributed by atoms with van der Waals surface area (Å²) in [5.74, 6) is -2.70. The Bertz CT molecular complexity index is 130. The maximum atomic E-state index is 6.46. The first-order valence-electron chi connectivity index (χ1n) is 3.53. The first-order chi connectivity index (χ1) is 4.50. The molecule has 79 valence electrons. The third-order valence-electron chi connectivity index (χ3n) is 1.14. The van der Waals surface area contributed by atoms with Crippen molar-refractivity contribution in [1.82, 2.24) is 0 Å². The summed E-state index contributed by atoms with van der Waals surface area (Å²) >= 11 is 0. The van der Waals surface area contributed by atoms with Crippen LogP contribution in [0.4, 0.5) is 0 Å². The molecular formula is C6H20Cl2CuP2. The molecular weight excluding hydrogens is 268 g/mol. The summed E-state index contributed by atoms with van der Waals surface area (Å²) in [6.07, 6.45) is 0. The van der Waals surface area contributed by atoms with Crippen molar-refractivity contribution < 1.29 is 10.1 Å². The zero-order chi connectivity index (χ0) is 9.50. The van der Waals surface area contributed by atoms with E-state index in [-0.39, 0.29) is 0 Å². The second-order valence-electron chi connectivity index (χ2n) is 4.25. The Morgan fingerprint density at radius 2 is 0.909 bits per heavy atom. The van der Waals surface area contributed by atoms with Crippen molar-refractivity contribution in [3.8, 4) is 0 Å². The molecule has 0 N–H and O–H groups in total. The van der Waals surface area contributed by atoms with Crippen molar-refractivity contribution in [1.29, 1.82) is 0 Å². The molecule has 0 atom stereocenters. The van der Waals surface area contributed by atoms with Gasteiger partial charge in [-0.2, -0.15) is 0 Å². The second kappa shape index (κ2) is 3.61. The molecule has 0 radical (unpaired) electrons. The van der Waals surface area contributed by atoms with Crippen LogP contribution in [0.25, 0.3) is 0 Å². The Kier molecular flexibility index (Phi) is 4.25. The van der Waals surface area contributed by atoms with Gasteiger partial charge in [-0.15, -0.1) is 0 Å². The average Bonchev–Trinajstić information content (AvgIpc) is 1.58. The van der Waals surface area contributed by atoms with Crippen molar-refractivity contribution in [2.24, 2.45) is 0 Å². The van der Waals surface area contributed by atoms with Crippen LogP contribution in [0.15, 0.2) is 0 Å². The van der Waals surface area contributed by atoms with Gasteiger partial charge in [-0.05, 0) is 0 Å². The number of rotatable bonds is 2. The number of halogens is 2. The zero-order valence-electron chi connectivity index (χ0n) is 8.06. The molecule has 0 nitrogen and oxygen atoms in total.